The van der Waals surface area contributed by atoms with Crippen LogP contribution in [0.15, 0.2) is 54.9 Å². The Balaban J connectivity index is 1.68. The highest BCUT2D eigenvalue weighted by Crippen LogP contribution is 2.27. The summed E-state index contributed by atoms with van der Waals surface area (Å²) >= 11 is 11.9. The largest absolute Gasteiger partial charge is 0.573 e. The lowest BCUT2D eigenvalue weighted by atomic mass is 10.1. The van der Waals surface area contributed by atoms with Gasteiger partial charge in [0, 0.05) is 28.2 Å². The van der Waals surface area contributed by atoms with E-state index >= 15 is 0 Å². The zero-order chi connectivity index (χ0) is 21.0. The van der Waals surface area contributed by atoms with Crippen molar-refractivity contribution in [3.8, 4) is 17.0 Å². The summed E-state index contributed by atoms with van der Waals surface area (Å²) in [5, 5.41) is 14.1. The second-order valence-corrected chi connectivity index (χ2v) is 6.83. The summed E-state index contributed by atoms with van der Waals surface area (Å²) in [5.74, 6) is 0.106. The third kappa shape index (κ3) is 6.22. The number of halogens is 5. The fourth-order valence-electron chi connectivity index (χ4n) is 2.53. The third-order valence-electron chi connectivity index (χ3n) is 3.80. The van der Waals surface area contributed by atoms with Crippen molar-refractivity contribution in [1.82, 2.24) is 9.97 Å². The van der Waals surface area contributed by atoms with Crippen molar-refractivity contribution >= 4 is 29.0 Å². The summed E-state index contributed by atoms with van der Waals surface area (Å²) in [5.41, 5.74) is 1.61. The van der Waals surface area contributed by atoms with E-state index in [4.69, 9.17) is 23.2 Å². The number of aliphatic hydroxyl groups is 1. The fraction of sp³-hybridized carbons (Fsp3) is 0.158. The predicted molar refractivity (Wildman–Crippen MR) is 104 cm³/mol. The van der Waals surface area contributed by atoms with Gasteiger partial charge in [0.2, 0.25) is 0 Å². The molecule has 0 radical (unpaired) electrons. The molecule has 0 aliphatic rings. The minimum atomic E-state index is -4.75. The number of aliphatic hydroxyl groups excluding tert-OH is 1. The van der Waals surface area contributed by atoms with Gasteiger partial charge in [-0.05, 0) is 48.0 Å². The first-order valence-corrected chi connectivity index (χ1v) is 9.01. The van der Waals surface area contributed by atoms with Crippen LogP contribution < -0.4 is 10.1 Å². The van der Waals surface area contributed by atoms with Crippen LogP contribution in [-0.2, 0) is 0 Å². The molecular formula is C19H14Cl2F3N3O2. The number of aromatic nitrogens is 2. The Morgan fingerprint density at radius 3 is 2.28 bits per heavy atom. The Kier molecular flexibility index (Phi) is 6.46. The van der Waals surface area contributed by atoms with E-state index in [1.807, 2.05) is 0 Å². The fourth-order valence-corrected chi connectivity index (χ4v) is 3.07. The van der Waals surface area contributed by atoms with E-state index in [2.05, 4.69) is 20.0 Å². The van der Waals surface area contributed by atoms with Crippen molar-refractivity contribution in [3.63, 3.8) is 0 Å². The maximum atomic E-state index is 12.2. The van der Waals surface area contributed by atoms with E-state index in [0.29, 0.717) is 32.7 Å². The molecule has 152 valence electrons. The van der Waals surface area contributed by atoms with Crippen LogP contribution in [-0.4, -0.2) is 28.0 Å². The number of anilines is 1. The minimum Gasteiger partial charge on any atom is -0.406 e. The molecule has 1 aromatic heterocycles. The molecule has 0 aliphatic carbocycles. The molecule has 5 nitrogen and oxygen atoms in total. The van der Waals surface area contributed by atoms with Crippen LogP contribution in [0.3, 0.4) is 0 Å². The van der Waals surface area contributed by atoms with Crippen LogP contribution in [0.1, 0.15) is 11.7 Å². The molecule has 0 aliphatic heterocycles. The summed E-state index contributed by atoms with van der Waals surface area (Å²) in [6, 6.07) is 11.7. The highest BCUT2D eigenvalue weighted by atomic mass is 35.5. The summed E-state index contributed by atoms with van der Waals surface area (Å²) < 4.78 is 40.6. The van der Waals surface area contributed by atoms with Gasteiger partial charge in [0.1, 0.15) is 17.9 Å². The maximum absolute atomic E-state index is 12.2. The lowest BCUT2D eigenvalue weighted by Gasteiger charge is -2.14. The lowest BCUT2D eigenvalue weighted by molar-refractivity contribution is -0.274. The third-order valence-corrected chi connectivity index (χ3v) is 4.23. The van der Waals surface area contributed by atoms with Crippen LogP contribution in [0.2, 0.25) is 10.0 Å². The summed E-state index contributed by atoms with van der Waals surface area (Å²) in [7, 11) is 0. The van der Waals surface area contributed by atoms with Crippen LogP contribution >= 0.6 is 23.2 Å². The maximum Gasteiger partial charge on any atom is 0.573 e. The van der Waals surface area contributed by atoms with E-state index in [1.54, 1.807) is 24.3 Å². The number of nitrogens with zero attached hydrogens (tertiary/aromatic N) is 2. The molecule has 0 amide bonds. The van der Waals surface area contributed by atoms with Gasteiger partial charge in [0.15, 0.2) is 0 Å². The van der Waals surface area contributed by atoms with E-state index in [9.17, 15) is 18.3 Å². The van der Waals surface area contributed by atoms with Gasteiger partial charge < -0.3 is 15.2 Å². The Bertz CT molecular complexity index is 965. The first-order chi connectivity index (χ1) is 13.7. The predicted octanol–water partition coefficient (Wildman–Crippen LogP) is 5.49. The zero-order valence-electron chi connectivity index (χ0n) is 14.6. The number of benzene rings is 2. The standard InChI is InChI=1S/C19H14Cl2F3N3O2/c20-13-5-12(6-14(21)7-13)17(28)9-25-18-8-16(26-10-27-18)11-1-3-15(4-2-11)29-19(22,23)24/h1-8,10,17,28H,9H2,(H,25,26,27). The van der Waals surface area contributed by atoms with Crippen molar-refractivity contribution in [2.45, 2.75) is 12.5 Å². The monoisotopic (exact) mass is 443 g/mol. The second-order valence-electron chi connectivity index (χ2n) is 5.96. The topological polar surface area (TPSA) is 67.3 Å². The smallest absolute Gasteiger partial charge is 0.406 e. The molecule has 2 aromatic carbocycles. The number of alkyl halides is 3. The van der Waals surface area contributed by atoms with E-state index in [1.165, 1.54) is 30.6 Å². The van der Waals surface area contributed by atoms with Crippen molar-refractivity contribution in [3.05, 3.63) is 70.5 Å². The summed E-state index contributed by atoms with van der Waals surface area (Å²) in [6.45, 7) is 0.130. The molecule has 10 heteroatoms. The number of hydrogen-bond donors (Lipinski definition) is 2. The number of rotatable bonds is 6. The molecule has 0 spiro atoms. The molecule has 29 heavy (non-hydrogen) atoms. The molecule has 3 aromatic rings. The highest BCUT2D eigenvalue weighted by Gasteiger charge is 2.30. The van der Waals surface area contributed by atoms with E-state index in [0.717, 1.165) is 0 Å². The van der Waals surface area contributed by atoms with Gasteiger partial charge in [0.05, 0.1) is 11.8 Å². The Morgan fingerprint density at radius 2 is 1.66 bits per heavy atom. The Hall–Kier alpha value is -2.55. The zero-order valence-corrected chi connectivity index (χ0v) is 16.1. The van der Waals surface area contributed by atoms with Crippen molar-refractivity contribution in [2.75, 3.05) is 11.9 Å². The van der Waals surface area contributed by atoms with Crippen molar-refractivity contribution < 1.29 is 23.0 Å². The first kappa shape index (κ1) is 21.2. The van der Waals surface area contributed by atoms with Gasteiger partial charge in [-0.3, -0.25) is 0 Å². The summed E-state index contributed by atoms with van der Waals surface area (Å²) in [6.07, 6.45) is -4.33. The average Bonchev–Trinajstić information content (AvgIpc) is 2.65. The highest BCUT2D eigenvalue weighted by molar-refractivity contribution is 6.34. The van der Waals surface area contributed by atoms with Crippen LogP contribution in [0.4, 0.5) is 19.0 Å². The first-order valence-electron chi connectivity index (χ1n) is 8.26. The van der Waals surface area contributed by atoms with Crippen LogP contribution in [0.5, 0.6) is 5.75 Å². The van der Waals surface area contributed by atoms with Crippen molar-refractivity contribution in [2.24, 2.45) is 0 Å². The second kappa shape index (κ2) is 8.86. The van der Waals surface area contributed by atoms with Gasteiger partial charge in [-0.1, -0.05) is 23.2 Å². The van der Waals surface area contributed by atoms with Crippen LogP contribution in [0.25, 0.3) is 11.3 Å². The molecule has 0 saturated heterocycles. The average molecular weight is 444 g/mol. The molecule has 1 unspecified atom stereocenters. The van der Waals surface area contributed by atoms with Gasteiger partial charge in [-0.25, -0.2) is 9.97 Å². The molecular weight excluding hydrogens is 430 g/mol. The van der Waals surface area contributed by atoms with Gasteiger partial charge in [-0.2, -0.15) is 0 Å². The van der Waals surface area contributed by atoms with Crippen molar-refractivity contribution in [1.29, 1.82) is 0 Å². The van der Waals surface area contributed by atoms with E-state index in [-0.39, 0.29) is 12.3 Å². The minimum absolute atomic E-state index is 0.130. The molecule has 3 rings (SSSR count). The quantitative estimate of drug-likeness (QED) is 0.526. The lowest BCUT2D eigenvalue weighted by Crippen LogP contribution is -2.16. The van der Waals surface area contributed by atoms with Gasteiger partial charge in [-0.15, -0.1) is 13.2 Å². The number of ether oxygens (including phenoxy) is 1. The SMILES string of the molecule is OC(CNc1cc(-c2ccc(OC(F)(F)F)cc2)ncn1)c1cc(Cl)cc(Cl)c1. The molecule has 0 saturated carbocycles. The van der Waals surface area contributed by atoms with Crippen LogP contribution in [0, 0.1) is 0 Å². The molecule has 1 atom stereocenters. The molecule has 0 bridgehead atoms. The van der Waals surface area contributed by atoms with E-state index < -0.39 is 12.5 Å². The molecule has 1 heterocycles. The molecule has 2 N–H and O–H groups in total. The van der Waals surface area contributed by atoms with Gasteiger partial charge in [0.25, 0.3) is 0 Å². The molecule has 0 fully saturated rings. The summed E-state index contributed by atoms with van der Waals surface area (Å²) in [4.78, 5) is 8.18. The number of hydrogen-bond acceptors (Lipinski definition) is 5. The Labute approximate surface area is 174 Å². The normalized spacial score (nSPS) is 12.5. The Morgan fingerprint density at radius 1 is 1.00 bits per heavy atom. The van der Waals surface area contributed by atoms with Gasteiger partial charge >= 0.3 is 6.36 Å². The number of nitrogens with one attached hydrogen (secondary N) is 1.